The van der Waals surface area contributed by atoms with Crippen LogP contribution < -0.4 is 5.32 Å². The van der Waals surface area contributed by atoms with Crippen LogP contribution in [0.15, 0.2) is 72.8 Å². The van der Waals surface area contributed by atoms with Crippen LogP contribution in [0.1, 0.15) is 65.8 Å². The fourth-order valence-corrected chi connectivity index (χ4v) is 6.96. The number of nitrogens with one attached hydrogen (secondary N) is 1. The Kier molecular flexibility index (Phi) is 7.31. The fourth-order valence-electron chi connectivity index (χ4n) is 6.96. The quantitative estimate of drug-likeness (QED) is 0.271. The van der Waals surface area contributed by atoms with E-state index in [0.717, 1.165) is 45.4 Å². The highest BCUT2D eigenvalue weighted by molar-refractivity contribution is 6.10. The molecule has 0 spiro atoms. The molecule has 4 aliphatic rings. The number of esters is 1. The molecule has 7 rings (SSSR count). The van der Waals surface area contributed by atoms with Gasteiger partial charge in [0.1, 0.15) is 6.04 Å². The number of unbranched alkanes of at least 4 members (excludes halogenated alkanes) is 1. The predicted molar refractivity (Wildman–Crippen MR) is 150 cm³/mol. The van der Waals surface area contributed by atoms with Crippen molar-refractivity contribution in [1.29, 1.82) is 0 Å². The smallest absolute Gasteiger partial charge is 0.416 e. The molecule has 1 N–H and O–H groups in total. The highest BCUT2D eigenvalue weighted by Crippen LogP contribution is 2.61. The van der Waals surface area contributed by atoms with Crippen molar-refractivity contribution >= 4 is 29.4 Å². The maximum absolute atomic E-state index is 14.1. The number of rotatable bonds is 8. The normalized spacial score (nSPS) is 22.5. The first-order chi connectivity index (χ1) is 20.6. The zero-order valence-electron chi connectivity index (χ0n) is 23.3. The van der Waals surface area contributed by atoms with Crippen molar-refractivity contribution in [1.82, 2.24) is 4.90 Å². The molecule has 1 fully saturated rings. The van der Waals surface area contributed by atoms with Crippen LogP contribution in [0.3, 0.4) is 0 Å². The molecule has 1 saturated heterocycles. The number of ether oxygens (including phenoxy) is 1. The number of carbonyl (C=O) groups is 4. The molecular formula is C33H29F3N2O5. The number of hydrogen-bond acceptors (Lipinski definition) is 5. The van der Waals surface area contributed by atoms with Crippen molar-refractivity contribution in [3.05, 3.63) is 101 Å². The van der Waals surface area contributed by atoms with Gasteiger partial charge in [0.15, 0.2) is 6.61 Å². The summed E-state index contributed by atoms with van der Waals surface area (Å²) in [7, 11) is 0. The van der Waals surface area contributed by atoms with E-state index in [1.165, 1.54) is 6.07 Å². The fraction of sp³-hybridized carbons (Fsp3) is 0.333. The van der Waals surface area contributed by atoms with Gasteiger partial charge in [0, 0.05) is 17.5 Å². The number of anilines is 1. The first kappa shape index (κ1) is 28.6. The summed E-state index contributed by atoms with van der Waals surface area (Å²) in [5, 5.41) is 2.30. The van der Waals surface area contributed by atoms with Crippen molar-refractivity contribution in [3.63, 3.8) is 0 Å². The number of carbonyl (C=O) groups excluding carboxylic acids is 4. The summed E-state index contributed by atoms with van der Waals surface area (Å²) in [6, 6.07) is 18.5. The van der Waals surface area contributed by atoms with E-state index in [2.05, 4.69) is 5.32 Å². The van der Waals surface area contributed by atoms with Crippen LogP contribution in [0.4, 0.5) is 18.9 Å². The Balaban J connectivity index is 1.23. The molecule has 10 heteroatoms. The maximum atomic E-state index is 14.1. The lowest BCUT2D eigenvalue weighted by atomic mass is 9.55. The summed E-state index contributed by atoms with van der Waals surface area (Å²) in [5.74, 6) is -4.60. The van der Waals surface area contributed by atoms with Gasteiger partial charge < -0.3 is 10.1 Å². The van der Waals surface area contributed by atoms with E-state index >= 15 is 0 Å². The van der Waals surface area contributed by atoms with Crippen LogP contribution in [-0.4, -0.2) is 41.2 Å². The minimum absolute atomic E-state index is 0.109. The first-order valence-corrected chi connectivity index (χ1v) is 14.3. The summed E-state index contributed by atoms with van der Waals surface area (Å²) < 4.78 is 44.4. The van der Waals surface area contributed by atoms with E-state index in [9.17, 15) is 32.3 Å². The van der Waals surface area contributed by atoms with Crippen LogP contribution in [0.2, 0.25) is 0 Å². The van der Waals surface area contributed by atoms with Gasteiger partial charge in [-0.05, 0) is 46.9 Å². The van der Waals surface area contributed by atoms with Gasteiger partial charge in [-0.2, -0.15) is 13.2 Å². The molecule has 3 amide bonds. The van der Waals surface area contributed by atoms with Crippen LogP contribution in [0, 0.1) is 11.8 Å². The minimum atomic E-state index is -4.59. The molecule has 222 valence electrons. The van der Waals surface area contributed by atoms with Gasteiger partial charge in [-0.15, -0.1) is 0 Å². The zero-order chi connectivity index (χ0) is 30.5. The molecule has 7 nitrogen and oxygen atoms in total. The lowest BCUT2D eigenvalue weighted by Crippen LogP contribution is -2.47. The maximum Gasteiger partial charge on any atom is 0.416 e. The molecule has 0 aromatic heterocycles. The molecule has 0 unspecified atom stereocenters. The Hall–Kier alpha value is -4.47. The first-order valence-electron chi connectivity index (χ1n) is 14.3. The molecule has 0 saturated carbocycles. The van der Waals surface area contributed by atoms with Crippen molar-refractivity contribution in [2.45, 2.75) is 50.2 Å². The summed E-state index contributed by atoms with van der Waals surface area (Å²) in [6.45, 7) is 1.12. The van der Waals surface area contributed by atoms with E-state index in [1.54, 1.807) is 0 Å². The third kappa shape index (κ3) is 4.88. The average Bonchev–Trinajstić information content (AvgIpc) is 3.26. The van der Waals surface area contributed by atoms with E-state index in [-0.39, 0.29) is 23.9 Å². The standard InChI is InChI=1S/C33H29F3N2O5/c1-2-3-15-24(32(42)43-17-25(39)37-19-10-8-9-18(16-19)33(34,35)36)38-30(40)28-26-20-11-4-5-12-21(20)27(29(28)31(38)41)23-14-7-6-13-22(23)26/h4-14,16,24,26-29H,2-3,15,17H2,1H3,(H,37,39)/t24-,26?,27?,28-,29+/m0/s1. The summed E-state index contributed by atoms with van der Waals surface area (Å²) in [6.07, 6.45) is -3.22. The highest BCUT2D eigenvalue weighted by Gasteiger charge is 2.63. The molecule has 3 aromatic carbocycles. The highest BCUT2D eigenvalue weighted by atomic mass is 19.4. The van der Waals surface area contributed by atoms with Crippen molar-refractivity contribution in [2.24, 2.45) is 11.8 Å². The Morgan fingerprint density at radius 2 is 1.40 bits per heavy atom. The summed E-state index contributed by atoms with van der Waals surface area (Å²) in [5.41, 5.74) is 2.99. The topological polar surface area (TPSA) is 92.8 Å². The van der Waals surface area contributed by atoms with Crippen LogP contribution in [0.25, 0.3) is 0 Å². The lowest BCUT2D eigenvalue weighted by molar-refractivity contribution is -0.160. The molecule has 1 aliphatic heterocycles. The average molecular weight is 591 g/mol. The van der Waals surface area contributed by atoms with E-state index in [1.807, 2.05) is 55.5 Å². The summed E-state index contributed by atoms with van der Waals surface area (Å²) >= 11 is 0. The monoisotopic (exact) mass is 590 g/mol. The third-order valence-electron chi connectivity index (χ3n) is 8.72. The number of halogens is 3. The summed E-state index contributed by atoms with van der Waals surface area (Å²) in [4.78, 5) is 55.1. The van der Waals surface area contributed by atoms with Gasteiger partial charge in [-0.25, -0.2) is 4.79 Å². The van der Waals surface area contributed by atoms with Crippen molar-refractivity contribution in [2.75, 3.05) is 11.9 Å². The molecule has 3 aliphatic carbocycles. The van der Waals surface area contributed by atoms with Gasteiger partial charge in [-0.3, -0.25) is 19.3 Å². The molecular weight excluding hydrogens is 561 g/mol. The second-order valence-corrected chi connectivity index (χ2v) is 11.2. The largest absolute Gasteiger partial charge is 0.454 e. The predicted octanol–water partition coefficient (Wildman–Crippen LogP) is 5.64. The van der Waals surface area contributed by atoms with E-state index in [0.29, 0.717) is 12.8 Å². The van der Waals surface area contributed by atoms with Gasteiger partial charge in [0.25, 0.3) is 5.91 Å². The molecule has 0 radical (unpaired) electrons. The number of alkyl halides is 3. The molecule has 2 bridgehead atoms. The van der Waals surface area contributed by atoms with Crippen LogP contribution in [0.5, 0.6) is 0 Å². The Morgan fingerprint density at radius 1 is 0.860 bits per heavy atom. The molecule has 1 heterocycles. The minimum Gasteiger partial charge on any atom is -0.454 e. The molecule has 3 atom stereocenters. The van der Waals surface area contributed by atoms with Gasteiger partial charge in [-0.1, -0.05) is 74.4 Å². The second-order valence-electron chi connectivity index (χ2n) is 11.2. The number of imide groups is 1. The van der Waals surface area contributed by atoms with Crippen LogP contribution >= 0.6 is 0 Å². The molecule has 43 heavy (non-hydrogen) atoms. The Bertz CT molecular complexity index is 1500. The third-order valence-corrected chi connectivity index (χ3v) is 8.72. The second kappa shape index (κ2) is 11.0. The number of likely N-dealkylation sites (tertiary alicyclic amines) is 1. The number of nitrogens with zero attached hydrogens (tertiary/aromatic N) is 1. The van der Waals surface area contributed by atoms with Crippen molar-refractivity contribution in [3.8, 4) is 0 Å². The SMILES string of the molecule is CCCC[C@@H](C(=O)OCC(=O)Nc1cccc(C(F)(F)F)c1)N1C(=O)[C@@H]2C3c4ccccc4C(c4ccccc43)[C@@H]2C1=O. The van der Waals surface area contributed by atoms with Gasteiger partial charge in [0.05, 0.1) is 17.4 Å². The number of hydrogen-bond donors (Lipinski definition) is 1. The lowest BCUT2D eigenvalue weighted by Gasteiger charge is -2.45. The Labute approximate surface area is 246 Å². The number of amides is 3. The zero-order valence-corrected chi connectivity index (χ0v) is 23.3. The van der Waals surface area contributed by atoms with Gasteiger partial charge >= 0.3 is 12.1 Å². The van der Waals surface area contributed by atoms with Crippen molar-refractivity contribution < 1.29 is 37.1 Å². The van der Waals surface area contributed by atoms with Crippen LogP contribution in [-0.2, 0) is 30.1 Å². The van der Waals surface area contributed by atoms with E-state index in [4.69, 9.17) is 4.74 Å². The number of benzene rings is 3. The van der Waals surface area contributed by atoms with Gasteiger partial charge in [0.2, 0.25) is 11.8 Å². The van der Waals surface area contributed by atoms with E-state index < -0.39 is 59.9 Å². The Morgan fingerprint density at radius 3 is 1.88 bits per heavy atom. The molecule has 3 aromatic rings.